The summed E-state index contributed by atoms with van der Waals surface area (Å²) in [5.74, 6) is 0. The summed E-state index contributed by atoms with van der Waals surface area (Å²) in [5.41, 5.74) is 0.876. The summed E-state index contributed by atoms with van der Waals surface area (Å²) in [5, 5.41) is 0. The van der Waals surface area contributed by atoms with Crippen LogP contribution in [0.25, 0.3) is 19.9 Å². The molecule has 0 unspecified atom stereocenters. The monoisotopic (exact) mass is 926 g/mol. The summed E-state index contributed by atoms with van der Waals surface area (Å²) in [4.78, 5) is 27.1. The van der Waals surface area contributed by atoms with E-state index in [9.17, 15) is 0 Å². The van der Waals surface area contributed by atoms with Crippen LogP contribution in [0.4, 0.5) is 0 Å². The van der Waals surface area contributed by atoms with Gasteiger partial charge in [0.1, 0.15) is 8.24 Å². The molecule has 0 rings (SSSR count). The van der Waals surface area contributed by atoms with Crippen LogP contribution in [0.5, 0.6) is 0 Å². The Kier molecular flexibility index (Phi) is 35.1. The van der Waals surface area contributed by atoms with Crippen LogP contribution in [0.3, 0.4) is 0 Å². The average Bonchev–Trinajstić information content (AvgIpc) is 2.53. The van der Waals surface area contributed by atoms with E-state index in [0.29, 0.717) is 0 Å². The summed E-state index contributed by atoms with van der Waals surface area (Å²) in [6, 6.07) is 0. The number of hydrogen-bond acceptors (Lipinski definition) is 3. The van der Waals surface area contributed by atoms with Gasteiger partial charge in [0.25, 0.3) is 0 Å². The molecule has 53 heavy (non-hydrogen) atoms. The van der Waals surface area contributed by atoms with Crippen LogP contribution in [0.1, 0.15) is 90.0 Å². The summed E-state index contributed by atoms with van der Waals surface area (Å²) < 4.78 is 0. The fourth-order valence-electron chi connectivity index (χ4n) is 6.58. The van der Waals surface area contributed by atoms with E-state index in [0.717, 1.165) is 13.1 Å². The Balaban J connectivity index is -0.0000000995. The van der Waals surface area contributed by atoms with Crippen molar-refractivity contribution in [3.05, 3.63) is 19.9 Å². The minimum atomic E-state index is -1.26. The molecule has 0 heterocycles. The largest absolute Gasteiger partial charge is 3.00 e. The van der Waals surface area contributed by atoms with E-state index >= 15 is 0 Å². The third kappa shape index (κ3) is 82.6. The second-order valence-electron chi connectivity index (χ2n) is 24.2. The van der Waals surface area contributed by atoms with E-state index in [1.807, 2.05) is 0 Å². The Bertz CT molecular complexity index is 748. The minimum Gasteiger partial charge on any atom is -0.660 e. The molecule has 0 fully saturated rings. The number of nitrogens with zero attached hydrogens (tertiary/aromatic N) is 6. The zero-order chi connectivity index (χ0) is 43.1. The van der Waals surface area contributed by atoms with Gasteiger partial charge in [0.15, 0.2) is 0 Å². The van der Waals surface area contributed by atoms with E-state index < -0.39 is 41.2 Å². The van der Waals surface area contributed by atoms with Gasteiger partial charge in [-0.1, -0.05) is 207 Å². The fourth-order valence-corrected chi connectivity index (χ4v) is 16.6. The molecule has 1 N–H and O–H groups in total. The van der Waals surface area contributed by atoms with E-state index in [-0.39, 0.29) is 61.3 Å². The molecule has 0 saturated carbocycles. The summed E-state index contributed by atoms with van der Waals surface area (Å²) in [6.07, 6.45) is 0. The van der Waals surface area contributed by atoms with Crippen LogP contribution in [0, 0.1) is 0 Å². The molecule has 0 aromatic heterocycles. The maximum atomic E-state index is 4.88. The molecule has 0 aromatic carbocycles. The van der Waals surface area contributed by atoms with E-state index in [1.54, 1.807) is 0 Å². The molecule has 0 spiro atoms. The van der Waals surface area contributed by atoms with Crippen molar-refractivity contribution in [1.29, 1.82) is 0 Å². The van der Waals surface area contributed by atoms with Gasteiger partial charge in [0, 0.05) is 12.1 Å². The molecule has 7 nitrogen and oxygen atoms in total. The second-order valence-corrected chi connectivity index (χ2v) is 47.2. The van der Waals surface area contributed by atoms with Crippen LogP contribution in [0.2, 0.25) is 98.2 Å². The van der Waals surface area contributed by atoms with Gasteiger partial charge >= 0.3 is 33.6 Å². The van der Waals surface area contributed by atoms with Crippen molar-refractivity contribution in [2.75, 3.05) is 41.3 Å². The average molecular weight is 927 g/mol. The van der Waals surface area contributed by atoms with Gasteiger partial charge in [-0.25, -0.2) is 0 Å². The molecule has 0 aliphatic rings. The maximum absolute atomic E-state index is 4.88. The van der Waals surface area contributed by atoms with Gasteiger partial charge in [-0.05, 0) is 48.6 Å². The molecule has 0 amide bonds. The van der Waals surface area contributed by atoms with Crippen molar-refractivity contribution in [2.24, 2.45) is 0 Å². The number of nitrogens with one attached hydrogen (secondary N) is 1. The molecule has 1 radical (unpaired) electrons. The molecule has 329 valence electrons. The molecular formula is C39H101Co2N7Si5+. The third-order valence-electron chi connectivity index (χ3n) is 4.78. The molecule has 0 aromatic rings. The molecule has 0 bridgehead atoms. The van der Waals surface area contributed by atoms with Crippen molar-refractivity contribution in [2.45, 2.75) is 216 Å². The predicted molar refractivity (Wildman–Crippen MR) is 258 cm³/mol. The first-order valence-corrected chi connectivity index (χ1v) is 36.7. The first-order valence-electron chi connectivity index (χ1n) is 19.4. The van der Waals surface area contributed by atoms with Crippen LogP contribution in [-0.4, -0.2) is 120 Å². The first-order chi connectivity index (χ1) is 21.4. The van der Waals surface area contributed by atoms with Gasteiger partial charge in [0.05, 0.1) is 0 Å². The van der Waals surface area contributed by atoms with Crippen LogP contribution >= 0.6 is 0 Å². The van der Waals surface area contributed by atoms with Crippen LogP contribution in [-0.2, 0) is 33.6 Å². The fraction of sp³-hybridized carbons (Fsp3) is 1.00. The van der Waals surface area contributed by atoms with Crippen molar-refractivity contribution >= 4 is 41.2 Å². The van der Waals surface area contributed by atoms with Gasteiger partial charge in [-0.2, -0.15) is 0 Å². The zero-order valence-corrected chi connectivity index (χ0v) is 49.3. The second kappa shape index (κ2) is 26.8. The van der Waals surface area contributed by atoms with Crippen LogP contribution in [0.15, 0.2) is 0 Å². The Hall–Kier alpha value is 1.82. The summed E-state index contributed by atoms with van der Waals surface area (Å²) in [7, 11) is 2.53. The maximum Gasteiger partial charge on any atom is 3.00 e. The molecule has 14 heteroatoms. The number of hydrogen-bond donors (Lipinski definition) is 1. The summed E-state index contributed by atoms with van der Waals surface area (Å²) >= 11 is 0. The molecule has 0 atom stereocenters. The smallest absolute Gasteiger partial charge is 0.660 e. The van der Waals surface area contributed by atoms with Gasteiger partial charge in [0.2, 0.25) is 0 Å². The summed E-state index contributed by atoms with van der Waals surface area (Å²) in [6.45, 7) is 64.7. The molecular weight excluding hydrogens is 825 g/mol. The predicted octanol–water partition coefficient (Wildman–Crippen LogP) is 13.3. The zero-order valence-electron chi connectivity index (χ0n) is 42.3. The standard InChI is InChI=1S/C9H24N2Si.C9H23N2Si.3C7H18NSi.2Co/c2*1-9(2,8-11(3)4)10-12(5,6)7;3*1-7(2,3)8-9(4,5)6;;/h10H,8H2,1-7H3;8H2,1-7H3;3*1-6H3;;/q;4*-1;+2;+3. The van der Waals surface area contributed by atoms with E-state index in [4.69, 9.17) is 4.98 Å². The Morgan fingerprint density at radius 3 is 0.717 bits per heavy atom. The molecule has 0 saturated heterocycles. The Morgan fingerprint density at radius 1 is 0.396 bits per heavy atom. The first kappa shape index (κ1) is 69.4. The van der Waals surface area contributed by atoms with E-state index in [1.165, 1.54) is 0 Å². The Labute approximate surface area is 364 Å². The van der Waals surface area contributed by atoms with Gasteiger partial charge in [-0.15, -0.1) is 22.2 Å². The van der Waals surface area contributed by atoms with Crippen LogP contribution < -0.4 is 4.98 Å². The van der Waals surface area contributed by atoms with Crippen molar-refractivity contribution in [1.82, 2.24) is 14.8 Å². The number of rotatable bonds is 11. The SMILES string of the molecule is CC(C)(C)[N-][Si](C)(C)C.CC(C)(C)[N-][Si](C)(C)C.CC(C)(C)[N-][Si](C)(C)C.CN(C)CC(C)(C)N[Si](C)(C)C.CN(C)CC(C)(C)[N-][Si](C)(C)C.[Co+2].[Co+3]. The quantitative estimate of drug-likeness (QED) is 0.210. The van der Waals surface area contributed by atoms with Gasteiger partial charge in [-0.3, -0.25) is 0 Å². The normalized spacial score (nSPS) is 13.5. The van der Waals surface area contributed by atoms with Crippen molar-refractivity contribution in [3.8, 4) is 0 Å². The topological polar surface area (TPSA) is 74.9 Å². The van der Waals surface area contributed by atoms with Gasteiger partial charge < -0.3 is 34.7 Å². The minimum absolute atomic E-state index is 0. The van der Waals surface area contributed by atoms with Crippen molar-refractivity contribution in [3.63, 3.8) is 0 Å². The molecule has 0 aliphatic heterocycles. The Morgan fingerprint density at radius 2 is 0.604 bits per heavy atom. The van der Waals surface area contributed by atoms with E-state index in [2.05, 4.69) is 246 Å². The number of likely N-dealkylation sites (N-methyl/N-ethyl adjacent to an activating group) is 2. The third-order valence-corrected chi connectivity index (χ3v) is 11.5. The molecule has 0 aliphatic carbocycles. The van der Waals surface area contributed by atoms with Crippen molar-refractivity contribution < 1.29 is 33.6 Å².